The molecule has 1 aromatic carbocycles. The van der Waals surface area contributed by atoms with Gasteiger partial charge in [-0.2, -0.15) is 0 Å². The summed E-state index contributed by atoms with van der Waals surface area (Å²) in [5.74, 6) is 0.216. The second-order valence-electron chi connectivity index (χ2n) is 6.15. The summed E-state index contributed by atoms with van der Waals surface area (Å²) < 4.78 is 0. The third-order valence-electron chi connectivity index (χ3n) is 4.31. The lowest BCUT2D eigenvalue weighted by atomic mass is 10.1. The number of carbonyl (C=O) groups excluding carboxylic acids is 2. The predicted octanol–water partition coefficient (Wildman–Crippen LogP) is 2.97. The Kier molecular flexibility index (Phi) is 5.30. The highest BCUT2D eigenvalue weighted by Gasteiger charge is 2.23. The number of rotatable bonds is 3. The summed E-state index contributed by atoms with van der Waals surface area (Å²) in [7, 11) is 0. The molecule has 1 fully saturated rings. The third kappa shape index (κ3) is 4.03. The lowest BCUT2D eigenvalue weighted by molar-refractivity contribution is -0.130. The van der Waals surface area contributed by atoms with E-state index in [0.717, 1.165) is 29.0 Å². The SMILES string of the molecule is Cc1cccc(C(=O)N2CCCN(C(=O)Cc3cccs3)CC2)c1. The molecule has 2 heterocycles. The fraction of sp³-hybridized carbons (Fsp3) is 0.368. The molecule has 1 aliphatic heterocycles. The van der Waals surface area contributed by atoms with Gasteiger partial charge in [0.25, 0.3) is 5.91 Å². The van der Waals surface area contributed by atoms with Crippen molar-refractivity contribution in [2.45, 2.75) is 19.8 Å². The van der Waals surface area contributed by atoms with Gasteiger partial charge in [0.2, 0.25) is 5.91 Å². The van der Waals surface area contributed by atoms with Crippen LogP contribution in [0, 0.1) is 6.92 Å². The number of benzene rings is 1. The Morgan fingerprint density at radius 3 is 2.58 bits per heavy atom. The monoisotopic (exact) mass is 342 g/mol. The van der Waals surface area contributed by atoms with Gasteiger partial charge < -0.3 is 9.80 Å². The van der Waals surface area contributed by atoms with E-state index in [1.807, 2.05) is 58.5 Å². The summed E-state index contributed by atoms with van der Waals surface area (Å²) in [5, 5.41) is 1.99. The van der Waals surface area contributed by atoms with Crippen molar-refractivity contribution >= 4 is 23.2 Å². The van der Waals surface area contributed by atoms with Crippen LogP contribution in [-0.2, 0) is 11.2 Å². The molecule has 2 aromatic rings. The van der Waals surface area contributed by atoms with Crippen LogP contribution in [0.5, 0.6) is 0 Å². The summed E-state index contributed by atoms with van der Waals surface area (Å²) in [6.45, 7) is 4.63. The van der Waals surface area contributed by atoms with Crippen LogP contribution in [0.3, 0.4) is 0 Å². The zero-order valence-electron chi connectivity index (χ0n) is 13.9. The molecule has 126 valence electrons. The largest absolute Gasteiger partial charge is 0.341 e. The molecular formula is C19H22N2O2S. The molecule has 1 aromatic heterocycles. The Labute approximate surface area is 146 Å². The highest BCUT2D eigenvalue weighted by Crippen LogP contribution is 2.14. The van der Waals surface area contributed by atoms with Crippen molar-refractivity contribution < 1.29 is 9.59 Å². The zero-order valence-corrected chi connectivity index (χ0v) is 14.7. The van der Waals surface area contributed by atoms with Crippen molar-refractivity contribution in [1.82, 2.24) is 9.80 Å². The van der Waals surface area contributed by atoms with Crippen LogP contribution in [0.4, 0.5) is 0 Å². The molecule has 0 radical (unpaired) electrons. The van der Waals surface area contributed by atoms with Crippen molar-refractivity contribution in [3.8, 4) is 0 Å². The molecule has 0 unspecified atom stereocenters. The smallest absolute Gasteiger partial charge is 0.253 e. The topological polar surface area (TPSA) is 40.6 Å². The molecule has 24 heavy (non-hydrogen) atoms. The summed E-state index contributed by atoms with van der Waals surface area (Å²) in [6, 6.07) is 11.7. The van der Waals surface area contributed by atoms with Crippen LogP contribution in [0.1, 0.15) is 27.2 Å². The highest BCUT2D eigenvalue weighted by molar-refractivity contribution is 7.10. The van der Waals surface area contributed by atoms with Gasteiger partial charge in [0.15, 0.2) is 0 Å². The van der Waals surface area contributed by atoms with E-state index in [2.05, 4.69) is 0 Å². The molecule has 1 aliphatic rings. The van der Waals surface area contributed by atoms with Crippen LogP contribution in [0.15, 0.2) is 41.8 Å². The Bertz CT molecular complexity index is 712. The molecule has 0 saturated carbocycles. The number of hydrogen-bond donors (Lipinski definition) is 0. The first-order valence-corrected chi connectivity index (χ1v) is 9.17. The van der Waals surface area contributed by atoms with E-state index in [4.69, 9.17) is 0 Å². The highest BCUT2D eigenvalue weighted by atomic mass is 32.1. The molecule has 0 bridgehead atoms. The second-order valence-corrected chi connectivity index (χ2v) is 7.18. The summed E-state index contributed by atoms with van der Waals surface area (Å²) >= 11 is 1.61. The third-order valence-corrected chi connectivity index (χ3v) is 5.18. The van der Waals surface area contributed by atoms with Crippen molar-refractivity contribution in [1.29, 1.82) is 0 Å². The Morgan fingerprint density at radius 1 is 1.04 bits per heavy atom. The van der Waals surface area contributed by atoms with E-state index in [-0.39, 0.29) is 11.8 Å². The van der Waals surface area contributed by atoms with Gasteiger partial charge in [-0.25, -0.2) is 0 Å². The van der Waals surface area contributed by atoms with Gasteiger partial charge >= 0.3 is 0 Å². The van der Waals surface area contributed by atoms with Crippen molar-refractivity contribution in [3.63, 3.8) is 0 Å². The molecule has 0 atom stereocenters. The standard InChI is InChI=1S/C19H22N2O2S/c1-15-5-2-6-16(13-15)19(23)21-9-4-8-20(10-11-21)18(22)14-17-7-3-12-24-17/h2-3,5-7,12-13H,4,8-11,14H2,1H3. The molecule has 0 spiro atoms. The number of nitrogens with zero attached hydrogens (tertiary/aromatic N) is 2. The van der Waals surface area contributed by atoms with Crippen LogP contribution in [-0.4, -0.2) is 47.8 Å². The molecule has 5 heteroatoms. The Morgan fingerprint density at radius 2 is 1.83 bits per heavy atom. The van der Waals surface area contributed by atoms with E-state index in [0.29, 0.717) is 26.1 Å². The zero-order chi connectivity index (χ0) is 16.9. The van der Waals surface area contributed by atoms with Gasteiger partial charge in [0.1, 0.15) is 0 Å². The average Bonchev–Trinajstić information content (AvgIpc) is 2.95. The van der Waals surface area contributed by atoms with E-state index in [1.54, 1.807) is 11.3 Å². The minimum atomic E-state index is 0.0613. The van der Waals surface area contributed by atoms with Crippen molar-refractivity contribution in [2.75, 3.05) is 26.2 Å². The summed E-state index contributed by atoms with van der Waals surface area (Å²) in [6.07, 6.45) is 1.29. The van der Waals surface area contributed by atoms with Crippen molar-refractivity contribution in [2.24, 2.45) is 0 Å². The minimum Gasteiger partial charge on any atom is -0.341 e. The maximum atomic E-state index is 12.7. The lowest BCUT2D eigenvalue weighted by Crippen LogP contribution is -2.37. The minimum absolute atomic E-state index is 0.0613. The van der Waals surface area contributed by atoms with Gasteiger partial charge in [0, 0.05) is 36.6 Å². The fourth-order valence-electron chi connectivity index (χ4n) is 3.00. The fourth-order valence-corrected chi connectivity index (χ4v) is 3.70. The van der Waals surface area contributed by atoms with Crippen LogP contribution < -0.4 is 0 Å². The first kappa shape index (κ1) is 16.7. The number of amides is 2. The number of thiophene rings is 1. The first-order chi connectivity index (χ1) is 11.6. The normalized spacial score (nSPS) is 15.2. The van der Waals surface area contributed by atoms with E-state index in [1.165, 1.54) is 0 Å². The van der Waals surface area contributed by atoms with Gasteiger partial charge in [0.05, 0.1) is 6.42 Å². The summed E-state index contributed by atoms with van der Waals surface area (Å²) in [5.41, 5.74) is 1.82. The first-order valence-electron chi connectivity index (χ1n) is 8.29. The van der Waals surface area contributed by atoms with E-state index >= 15 is 0 Å². The average molecular weight is 342 g/mol. The molecule has 4 nitrogen and oxygen atoms in total. The van der Waals surface area contributed by atoms with Crippen LogP contribution >= 0.6 is 11.3 Å². The maximum Gasteiger partial charge on any atom is 0.253 e. The molecule has 0 N–H and O–H groups in total. The van der Waals surface area contributed by atoms with Gasteiger partial charge in [-0.3, -0.25) is 9.59 Å². The van der Waals surface area contributed by atoms with Crippen LogP contribution in [0.2, 0.25) is 0 Å². The number of aryl methyl sites for hydroxylation is 1. The van der Waals surface area contributed by atoms with Gasteiger partial charge in [-0.15, -0.1) is 11.3 Å². The Balaban J connectivity index is 1.60. The molecule has 0 aliphatic carbocycles. The number of carbonyl (C=O) groups is 2. The molecule has 3 rings (SSSR count). The lowest BCUT2D eigenvalue weighted by Gasteiger charge is -2.22. The molecule has 1 saturated heterocycles. The quantitative estimate of drug-likeness (QED) is 0.860. The van der Waals surface area contributed by atoms with Gasteiger partial charge in [-0.05, 0) is 36.9 Å². The second kappa shape index (κ2) is 7.62. The number of hydrogen-bond acceptors (Lipinski definition) is 3. The maximum absolute atomic E-state index is 12.7. The van der Waals surface area contributed by atoms with E-state index in [9.17, 15) is 9.59 Å². The molecule has 2 amide bonds. The Hall–Kier alpha value is -2.14. The van der Waals surface area contributed by atoms with Crippen molar-refractivity contribution in [3.05, 3.63) is 57.8 Å². The summed E-state index contributed by atoms with van der Waals surface area (Å²) in [4.78, 5) is 30.0. The predicted molar refractivity (Wildman–Crippen MR) is 96.3 cm³/mol. The van der Waals surface area contributed by atoms with Gasteiger partial charge in [-0.1, -0.05) is 23.8 Å². The van der Waals surface area contributed by atoms with E-state index < -0.39 is 0 Å². The van der Waals surface area contributed by atoms with Crippen LogP contribution in [0.25, 0.3) is 0 Å². The molecular weight excluding hydrogens is 320 g/mol.